The topological polar surface area (TPSA) is 39.0 Å². The summed E-state index contributed by atoms with van der Waals surface area (Å²) in [6.07, 6.45) is 6.10. The summed E-state index contributed by atoms with van der Waals surface area (Å²) >= 11 is 0. The van der Waals surface area contributed by atoms with Gasteiger partial charge in [0.1, 0.15) is 0 Å². The van der Waals surface area contributed by atoms with Gasteiger partial charge in [0.15, 0.2) is 0 Å². The van der Waals surface area contributed by atoms with Crippen LogP contribution in [0.4, 0.5) is 0 Å². The molecule has 0 aliphatic heterocycles. The smallest absolute Gasteiger partial charge is 0.315 e. The maximum absolute atomic E-state index is 11.5. The second-order valence-electron chi connectivity index (χ2n) is 4.67. The minimum Gasteiger partial charge on any atom is -0.315 e. The van der Waals surface area contributed by atoms with Crippen molar-refractivity contribution in [3.05, 3.63) is 22.9 Å². The second-order valence-corrected chi connectivity index (χ2v) is 4.67. The first kappa shape index (κ1) is 13.0. The zero-order valence-electron chi connectivity index (χ0n) is 10.6. The summed E-state index contributed by atoms with van der Waals surface area (Å²) in [4.78, 5) is 11.5. The van der Waals surface area contributed by atoms with Crippen molar-refractivity contribution < 1.29 is 0 Å². The van der Waals surface area contributed by atoms with Crippen LogP contribution >= 0.6 is 0 Å². The first-order valence-corrected chi connectivity index (χ1v) is 6.03. The Balaban J connectivity index is 2.12. The number of imidazole rings is 1. The Labute approximate surface area is 97.3 Å². The maximum Gasteiger partial charge on any atom is 0.327 e. The highest BCUT2D eigenvalue weighted by Gasteiger charge is 1.98. The van der Waals surface area contributed by atoms with Crippen LogP contribution in [-0.4, -0.2) is 22.2 Å². The lowest BCUT2D eigenvalue weighted by molar-refractivity contribution is 0.511. The van der Waals surface area contributed by atoms with E-state index in [0.29, 0.717) is 0 Å². The summed E-state index contributed by atoms with van der Waals surface area (Å²) < 4.78 is 3.33. The van der Waals surface area contributed by atoms with Crippen LogP contribution in [0, 0.1) is 5.92 Å². The molecule has 0 aliphatic rings. The molecule has 0 aromatic carbocycles. The van der Waals surface area contributed by atoms with Gasteiger partial charge in [0.05, 0.1) is 0 Å². The Morgan fingerprint density at radius 1 is 1.31 bits per heavy atom. The fourth-order valence-corrected chi connectivity index (χ4v) is 1.64. The van der Waals surface area contributed by atoms with Gasteiger partial charge in [0.2, 0.25) is 0 Å². The summed E-state index contributed by atoms with van der Waals surface area (Å²) in [7, 11) is 1.77. The average Bonchev–Trinajstić information content (AvgIpc) is 2.54. The zero-order valence-corrected chi connectivity index (χ0v) is 10.6. The molecule has 0 radical (unpaired) electrons. The van der Waals surface area contributed by atoms with Gasteiger partial charge >= 0.3 is 5.69 Å². The molecule has 0 unspecified atom stereocenters. The van der Waals surface area contributed by atoms with E-state index in [4.69, 9.17) is 0 Å². The van der Waals surface area contributed by atoms with Gasteiger partial charge in [0, 0.05) is 32.5 Å². The third kappa shape index (κ3) is 4.23. The fourth-order valence-electron chi connectivity index (χ4n) is 1.64. The van der Waals surface area contributed by atoms with Crippen LogP contribution in [0.1, 0.15) is 26.7 Å². The molecule has 16 heavy (non-hydrogen) atoms. The molecule has 1 rings (SSSR count). The van der Waals surface area contributed by atoms with E-state index in [-0.39, 0.29) is 5.69 Å². The van der Waals surface area contributed by atoms with Crippen molar-refractivity contribution in [2.45, 2.75) is 33.2 Å². The standard InChI is InChI=1S/C12H23N3O/c1-11(2)5-4-6-13-7-8-15-10-9-14(3)12(15)16/h9-11,13H,4-8H2,1-3H3. The zero-order chi connectivity index (χ0) is 12.0. The van der Waals surface area contributed by atoms with Crippen LogP contribution < -0.4 is 11.0 Å². The van der Waals surface area contributed by atoms with E-state index in [1.165, 1.54) is 12.8 Å². The third-order valence-corrected chi connectivity index (χ3v) is 2.68. The molecule has 1 heterocycles. The van der Waals surface area contributed by atoms with Crippen molar-refractivity contribution in [2.24, 2.45) is 13.0 Å². The largest absolute Gasteiger partial charge is 0.327 e. The normalized spacial score (nSPS) is 11.2. The lowest BCUT2D eigenvalue weighted by Gasteiger charge is -2.06. The summed E-state index contributed by atoms with van der Waals surface area (Å²) in [5, 5.41) is 3.36. The Morgan fingerprint density at radius 3 is 2.62 bits per heavy atom. The highest BCUT2D eigenvalue weighted by molar-refractivity contribution is 4.79. The molecule has 0 saturated carbocycles. The minimum atomic E-state index is 0.0592. The Kier molecular flexibility index (Phi) is 5.32. The molecule has 0 aliphatic carbocycles. The number of nitrogens with zero attached hydrogens (tertiary/aromatic N) is 2. The molecule has 0 amide bonds. The highest BCUT2D eigenvalue weighted by Crippen LogP contribution is 2.01. The van der Waals surface area contributed by atoms with E-state index in [0.717, 1.165) is 25.6 Å². The minimum absolute atomic E-state index is 0.0592. The second kappa shape index (κ2) is 6.53. The van der Waals surface area contributed by atoms with Crippen molar-refractivity contribution in [3.8, 4) is 0 Å². The molecule has 92 valence electrons. The van der Waals surface area contributed by atoms with Gasteiger partial charge in [-0.05, 0) is 25.3 Å². The third-order valence-electron chi connectivity index (χ3n) is 2.68. The van der Waals surface area contributed by atoms with Crippen LogP contribution in [0.15, 0.2) is 17.2 Å². The van der Waals surface area contributed by atoms with Crippen LogP contribution in [-0.2, 0) is 13.6 Å². The average molecular weight is 225 g/mol. The van der Waals surface area contributed by atoms with Crippen LogP contribution in [0.3, 0.4) is 0 Å². The van der Waals surface area contributed by atoms with E-state index in [1.54, 1.807) is 22.4 Å². The van der Waals surface area contributed by atoms with Crippen LogP contribution in [0.2, 0.25) is 0 Å². The maximum atomic E-state index is 11.5. The summed E-state index contributed by atoms with van der Waals surface area (Å²) in [6, 6.07) is 0. The summed E-state index contributed by atoms with van der Waals surface area (Å²) in [5.74, 6) is 0.776. The molecule has 1 aromatic heterocycles. The van der Waals surface area contributed by atoms with Crippen molar-refractivity contribution >= 4 is 0 Å². The number of aromatic nitrogens is 2. The van der Waals surface area contributed by atoms with Crippen LogP contribution in [0.5, 0.6) is 0 Å². The molecule has 4 heteroatoms. The highest BCUT2D eigenvalue weighted by atomic mass is 16.1. The van der Waals surface area contributed by atoms with Gasteiger partial charge in [-0.1, -0.05) is 13.8 Å². The predicted molar refractivity (Wildman–Crippen MR) is 66.6 cm³/mol. The van der Waals surface area contributed by atoms with E-state index in [1.807, 2.05) is 6.20 Å². The predicted octanol–water partition coefficient (Wildman–Crippen LogP) is 1.21. The molecule has 0 saturated heterocycles. The molecule has 1 N–H and O–H groups in total. The van der Waals surface area contributed by atoms with Gasteiger partial charge < -0.3 is 9.88 Å². The SMILES string of the molecule is CC(C)CCCNCCn1ccn(C)c1=O. The number of aryl methyl sites for hydroxylation is 1. The molecular weight excluding hydrogens is 202 g/mol. The number of hydrogen-bond acceptors (Lipinski definition) is 2. The first-order valence-electron chi connectivity index (χ1n) is 6.03. The van der Waals surface area contributed by atoms with E-state index in [2.05, 4.69) is 19.2 Å². The van der Waals surface area contributed by atoms with Gasteiger partial charge in [-0.3, -0.25) is 4.57 Å². The number of nitrogens with one attached hydrogen (secondary N) is 1. The van der Waals surface area contributed by atoms with Crippen LogP contribution in [0.25, 0.3) is 0 Å². The quantitative estimate of drug-likeness (QED) is 0.709. The van der Waals surface area contributed by atoms with Gasteiger partial charge in [-0.2, -0.15) is 0 Å². The van der Waals surface area contributed by atoms with Gasteiger partial charge in [-0.15, -0.1) is 0 Å². The molecule has 0 spiro atoms. The van der Waals surface area contributed by atoms with E-state index in [9.17, 15) is 4.79 Å². The van der Waals surface area contributed by atoms with Crippen molar-refractivity contribution in [2.75, 3.05) is 13.1 Å². The Hall–Kier alpha value is -1.03. The number of hydrogen-bond donors (Lipinski definition) is 1. The Morgan fingerprint density at radius 2 is 2.06 bits per heavy atom. The van der Waals surface area contributed by atoms with Gasteiger partial charge in [0.25, 0.3) is 0 Å². The lowest BCUT2D eigenvalue weighted by atomic mass is 10.1. The summed E-state index contributed by atoms with van der Waals surface area (Å²) in [5.41, 5.74) is 0.0592. The fraction of sp³-hybridized carbons (Fsp3) is 0.750. The van der Waals surface area contributed by atoms with E-state index < -0.39 is 0 Å². The summed E-state index contributed by atoms with van der Waals surface area (Å²) in [6.45, 7) is 7.14. The monoisotopic (exact) mass is 225 g/mol. The van der Waals surface area contributed by atoms with Gasteiger partial charge in [-0.25, -0.2) is 4.79 Å². The molecular formula is C12H23N3O. The molecule has 0 bridgehead atoms. The van der Waals surface area contributed by atoms with Crippen molar-refractivity contribution in [1.29, 1.82) is 0 Å². The van der Waals surface area contributed by atoms with E-state index >= 15 is 0 Å². The number of rotatable bonds is 7. The molecule has 0 fully saturated rings. The Bertz CT molecular complexity index is 351. The lowest BCUT2D eigenvalue weighted by Crippen LogP contribution is -2.28. The molecule has 0 atom stereocenters. The molecule has 1 aromatic rings. The molecule has 4 nitrogen and oxygen atoms in total. The van der Waals surface area contributed by atoms with Crippen molar-refractivity contribution in [3.63, 3.8) is 0 Å². The van der Waals surface area contributed by atoms with Crippen molar-refractivity contribution in [1.82, 2.24) is 14.5 Å². The first-order chi connectivity index (χ1) is 7.61.